The molecular formula is C9H8NO2. The van der Waals surface area contributed by atoms with Crippen LogP contribution in [0, 0.1) is 6.07 Å². The summed E-state index contributed by atoms with van der Waals surface area (Å²) in [4.78, 5) is 12.8. The average molecular weight is 162 g/mol. The molecule has 0 aliphatic carbocycles. The molecule has 0 spiro atoms. The molecular weight excluding hydrogens is 154 g/mol. The Hall–Kier alpha value is -1.35. The number of ether oxygens (including phenoxy) is 1. The number of nitrogens with zero attached hydrogens (tertiary/aromatic N) is 1. The van der Waals surface area contributed by atoms with Crippen LogP contribution in [0.5, 0.6) is 0 Å². The molecule has 1 aromatic carbocycles. The summed E-state index contributed by atoms with van der Waals surface area (Å²) in [6.45, 7) is 0.557. The summed E-state index contributed by atoms with van der Waals surface area (Å²) in [5, 5.41) is 0. The zero-order valence-corrected chi connectivity index (χ0v) is 6.49. The lowest BCUT2D eigenvalue weighted by atomic mass is 10.3. The standard InChI is InChI=1S/C9H8NO2/c11-9-6-12-7-10(9)8-4-2-1-3-5-8/h2-5H,6-7H2. The number of benzene rings is 1. The van der Waals surface area contributed by atoms with Gasteiger partial charge in [0.25, 0.3) is 5.91 Å². The van der Waals surface area contributed by atoms with Crippen molar-refractivity contribution in [2.24, 2.45) is 0 Å². The highest BCUT2D eigenvalue weighted by Crippen LogP contribution is 2.15. The molecule has 0 aromatic heterocycles. The van der Waals surface area contributed by atoms with Gasteiger partial charge in [-0.15, -0.1) is 0 Å². The quantitative estimate of drug-likeness (QED) is 0.611. The average Bonchev–Trinajstić information content (AvgIpc) is 2.53. The minimum absolute atomic E-state index is 0.0150. The third-order valence-electron chi connectivity index (χ3n) is 1.76. The van der Waals surface area contributed by atoms with Gasteiger partial charge in [0.2, 0.25) is 0 Å². The molecule has 1 amide bonds. The van der Waals surface area contributed by atoms with Crippen molar-refractivity contribution in [3.8, 4) is 0 Å². The fourth-order valence-corrected chi connectivity index (χ4v) is 1.15. The minimum atomic E-state index is 0.0150. The Balaban J connectivity index is 2.25. The molecule has 1 saturated heterocycles. The lowest BCUT2D eigenvalue weighted by Gasteiger charge is -2.12. The van der Waals surface area contributed by atoms with Crippen molar-refractivity contribution in [3.63, 3.8) is 0 Å². The van der Waals surface area contributed by atoms with E-state index in [1.54, 1.807) is 17.0 Å². The van der Waals surface area contributed by atoms with Crippen molar-refractivity contribution >= 4 is 11.6 Å². The van der Waals surface area contributed by atoms with Gasteiger partial charge in [0.1, 0.15) is 13.3 Å². The van der Waals surface area contributed by atoms with E-state index in [-0.39, 0.29) is 12.5 Å². The molecule has 2 rings (SSSR count). The molecule has 1 aliphatic heterocycles. The normalized spacial score (nSPS) is 17.0. The number of hydrogen-bond acceptors (Lipinski definition) is 2. The Morgan fingerprint density at radius 1 is 1.42 bits per heavy atom. The van der Waals surface area contributed by atoms with Crippen LogP contribution in [0.25, 0.3) is 0 Å². The van der Waals surface area contributed by atoms with E-state index in [0.29, 0.717) is 6.73 Å². The summed E-state index contributed by atoms with van der Waals surface area (Å²) in [7, 11) is 0. The second-order valence-electron chi connectivity index (χ2n) is 2.56. The summed E-state index contributed by atoms with van der Waals surface area (Å²) in [5.74, 6) is 0.0150. The van der Waals surface area contributed by atoms with E-state index in [9.17, 15) is 4.79 Å². The zero-order valence-electron chi connectivity index (χ0n) is 6.49. The van der Waals surface area contributed by atoms with Crippen LogP contribution in [0.1, 0.15) is 0 Å². The maximum atomic E-state index is 11.2. The lowest BCUT2D eigenvalue weighted by molar-refractivity contribution is -0.117. The predicted molar refractivity (Wildman–Crippen MR) is 43.6 cm³/mol. The smallest absolute Gasteiger partial charge is 0.254 e. The Labute approximate surface area is 70.6 Å². The first-order valence-electron chi connectivity index (χ1n) is 3.72. The number of rotatable bonds is 1. The maximum absolute atomic E-state index is 11.2. The Morgan fingerprint density at radius 3 is 2.75 bits per heavy atom. The molecule has 1 radical (unpaired) electrons. The summed E-state index contributed by atoms with van der Waals surface area (Å²) in [5.41, 5.74) is 0.872. The van der Waals surface area contributed by atoms with Gasteiger partial charge in [-0.25, -0.2) is 0 Å². The van der Waals surface area contributed by atoms with Crippen molar-refractivity contribution in [1.29, 1.82) is 0 Å². The fourth-order valence-electron chi connectivity index (χ4n) is 1.15. The van der Waals surface area contributed by atoms with Gasteiger partial charge in [-0.05, 0) is 18.2 Å². The highest BCUT2D eigenvalue weighted by molar-refractivity contribution is 5.95. The van der Waals surface area contributed by atoms with Crippen LogP contribution in [-0.2, 0) is 9.53 Å². The van der Waals surface area contributed by atoms with Crippen LogP contribution in [0.15, 0.2) is 24.3 Å². The van der Waals surface area contributed by atoms with E-state index >= 15 is 0 Å². The van der Waals surface area contributed by atoms with E-state index in [2.05, 4.69) is 6.07 Å². The van der Waals surface area contributed by atoms with Crippen molar-refractivity contribution in [2.45, 2.75) is 0 Å². The van der Waals surface area contributed by atoms with E-state index in [1.165, 1.54) is 0 Å². The fraction of sp³-hybridized carbons (Fsp3) is 0.222. The molecule has 0 atom stereocenters. The van der Waals surface area contributed by atoms with E-state index in [0.717, 1.165) is 5.69 Å². The van der Waals surface area contributed by atoms with Crippen molar-refractivity contribution in [2.75, 3.05) is 18.2 Å². The number of amides is 1. The molecule has 1 fully saturated rings. The minimum Gasteiger partial charge on any atom is -0.351 e. The SMILES string of the molecule is O=C1COCN1c1cc[c]cc1. The predicted octanol–water partition coefficient (Wildman–Crippen LogP) is 0.807. The second kappa shape index (κ2) is 2.95. The molecule has 61 valence electrons. The van der Waals surface area contributed by atoms with Crippen molar-refractivity contribution in [3.05, 3.63) is 30.3 Å². The molecule has 1 aromatic rings. The molecule has 1 aliphatic rings. The Bertz CT molecular complexity index is 284. The molecule has 0 N–H and O–H groups in total. The lowest BCUT2D eigenvalue weighted by Crippen LogP contribution is -2.24. The highest BCUT2D eigenvalue weighted by Gasteiger charge is 2.21. The van der Waals surface area contributed by atoms with E-state index in [1.807, 2.05) is 12.1 Å². The third-order valence-corrected chi connectivity index (χ3v) is 1.76. The van der Waals surface area contributed by atoms with Crippen LogP contribution in [0.3, 0.4) is 0 Å². The van der Waals surface area contributed by atoms with Crippen LogP contribution in [0.4, 0.5) is 5.69 Å². The zero-order chi connectivity index (χ0) is 8.39. The molecule has 0 unspecified atom stereocenters. The first-order valence-corrected chi connectivity index (χ1v) is 3.72. The molecule has 12 heavy (non-hydrogen) atoms. The maximum Gasteiger partial charge on any atom is 0.254 e. The second-order valence-corrected chi connectivity index (χ2v) is 2.56. The first kappa shape index (κ1) is 7.31. The van der Waals surface area contributed by atoms with Gasteiger partial charge < -0.3 is 4.74 Å². The largest absolute Gasteiger partial charge is 0.351 e. The Morgan fingerprint density at radius 2 is 2.17 bits per heavy atom. The molecule has 0 saturated carbocycles. The summed E-state index contributed by atoms with van der Waals surface area (Å²) >= 11 is 0. The number of hydrogen-bond donors (Lipinski definition) is 0. The highest BCUT2D eigenvalue weighted by atomic mass is 16.5. The van der Waals surface area contributed by atoms with Gasteiger partial charge in [-0.3, -0.25) is 9.69 Å². The number of carbonyl (C=O) groups is 1. The summed E-state index contributed by atoms with van der Waals surface area (Å²) in [6, 6.07) is 10.1. The van der Waals surface area contributed by atoms with Crippen LogP contribution < -0.4 is 4.90 Å². The Kier molecular flexibility index (Phi) is 1.80. The van der Waals surface area contributed by atoms with Gasteiger partial charge in [0.05, 0.1) is 0 Å². The summed E-state index contributed by atoms with van der Waals surface area (Å²) < 4.78 is 4.99. The van der Waals surface area contributed by atoms with Gasteiger partial charge >= 0.3 is 0 Å². The van der Waals surface area contributed by atoms with E-state index < -0.39 is 0 Å². The third kappa shape index (κ3) is 1.19. The number of anilines is 1. The van der Waals surface area contributed by atoms with Crippen LogP contribution in [0.2, 0.25) is 0 Å². The van der Waals surface area contributed by atoms with Crippen molar-refractivity contribution < 1.29 is 9.53 Å². The monoisotopic (exact) mass is 162 g/mol. The first-order chi connectivity index (χ1) is 5.88. The van der Waals surface area contributed by atoms with E-state index in [4.69, 9.17) is 4.74 Å². The number of carbonyl (C=O) groups excluding carboxylic acids is 1. The molecule has 3 nitrogen and oxygen atoms in total. The van der Waals surface area contributed by atoms with Gasteiger partial charge in [0, 0.05) is 5.69 Å². The molecule has 3 heteroatoms. The van der Waals surface area contributed by atoms with Gasteiger partial charge in [-0.1, -0.05) is 12.1 Å². The van der Waals surface area contributed by atoms with Crippen LogP contribution >= 0.6 is 0 Å². The topological polar surface area (TPSA) is 29.5 Å². The van der Waals surface area contributed by atoms with Gasteiger partial charge in [0.15, 0.2) is 0 Å². The summed E-state index contributed by atoms with van der Waals surface area (Å²) in [6.07, 6.45) is 0. The van der Waals surface area contributed by atoms with Crippen LogP contribution in [-0.4, -0.2) is 19.2 Å². The molecule has 0 bridgehead atoms. The van der Waals surface area contributed by atoms with Gasteiger partial charge in [-0.2, -0.15) is 0 Å². The van der Waals surface area contributed by atoms with Crippen molar-refractivity contribution in [1.82, 2.24) is 0 Å². The molecule has 1 heterocycles.